The molecular weight excluding hydrogens is 1010 g/mol. The molecule has 0 aromatic rings. The first-order valence-corrected chi connectivity index (χ1v) is 32.5. The van der Waals surface area contributed by atoms with Gasteiger partial charge in [-0.25, -0.2) is 0 Å². The summed E-state index contributed by atoms with van der Waals surface area (Å²) in [5.74, 6) is -0.224. The number of amides is 1. The molecule has 9 N–H and O–H groups in total. The highest BCUT2D eigenvalue weighted by Crippen LogP contribution is 2.30. The van der Waals surface area contributed by atoms with Crippen molar-refractivity contribution in [2.45, 2.75) is 331 Å². The van der Waals surface area contributed by atoms with Crippen LogP contribution in [0.25, 0.3) is 0 Å². The molecule has 0 aliphatic carbocycles. The Bertz CT molecular complexity index is 1570. The number of hydrogen-bond acceptors (Lipinski definition) is 13. The standard InChI is InChI=1S/C66H119NO13/c1-3-5-7-9-11-13-15-17-19-21-23-25-26-27-28-30-31-33-35-37-39-41-43-45-47-49-55(70)54(53-77-65-63(76)61(74)64(57(52-69)79-65)80-66-62(75)60(73)59(72)56(51-68)78-66)67-58(71)50-48-46-44-42-40-38-36-34-32-29-24-22-20-18-16-14-12-10-8-6-4-2/h6,8,12,14,18,20,24,29,34,36,54-57,59-66,68-70,72-76H,3-5,7,9-11,13,15-17,19,21-23,25-28,30-33,35,37-53H2,1-2H3,(H,67,71)/b8-6-,14-12-,20-18-,29-24-,36-34-. The van der Waals surface area contributed by atoms with E-state index in [1.165, 1.54) is 135 Å². The number of aliphatic hydroxyl groups is 8. The van der Waals surface area contributed by atoms with Gasteiger partial charge >= 0.3 is 0 Å². The smallest absolute Gasteiger partial charge is 0.220 e. The molecule has 466 valence electrons. The Morgan fingerprint density at radius 2 is 0.863 bits per heavy atom. The number of allylic oxidation sites excluding steroid dienone is 10. The molecular formula is C66H119NO13. The average Bonchev–Trinajstić information content (AvgIpc) is 3.46. The van der Waals surface area contributed by atoms with Crippen molar-refractivity contribution in [1.29, 1.82) is 0 Å². The van der Waals surface area contributed by atoms with Gasteiger partial charge in [-0.15, -0.1) is 0 Å². The second-order valence-electron chi connectivity index (χ2n) is 22.9. The van der Waals surface area contributed by atoms with Gasteiger partial charge in [-0.3, -0.25) is 4.79 Å². The van der Waals surface area contributed by atoms with Gasteiger partial charge in [-0.2, -0.15) is 0 Å². The number of ether oxygens (including phenoxy) is 4. The van der Waals surface area contributed by atoms with E-state index in [1.807, 2.05) is 0 Å². The lowest BCUT2D eigenvalue weighted by atomic mass is 9.97. The molecule has 12 atom stereocenters. The predicted molar refractivity (Wildman–Crippen MR) is 323 cm³/mol. The van der Waals surface area contributed by atoms with E-state index in [9.17, 15) is 45.6 Å². The van der Waals surface area contributed by atoms with E-state index in [0.717, 1.165) is 89.9 Å². The summed E-state index contributed by atoms with van der Waals surface area (Å²) in [6, 6.07) is -0.844. The van der Waals surface area contributed by atoms with E-state index in [4.69, 9.17) is 18.9 Å². The van der Waals surface area contributed by atoms with Crippen molar-refractivity contribution in [3.8, 4) is 0 Å². The maximum Gasteiger partial charge on any atom is 0.220 e. The van der Waals surface area contributed by atoms with Crippen LogP contribution in [0.1, 0.15) is 258 Å². The highest BCUT2D eigenvalue weighted by molar-refractivity contribution is 5.76. The maximum atomic E-state index is 13.3. The van der Waals surface area contributed by atoms with Gasteiger partial charge in [0.2, 0.25) is 5.91 Å². The normalized spacial score (nSPS) is 24.6. The summed E-state index contributed by atoms with van der Waals surface area (Å²) < 4.78 is 22.9. The molecule has 14 heteroatoms. The summed E-state index contributed by atoms with van der Waals surface area (Å²) in [7, 11) is 0. The molecule has 2 rings (SSSR count). The molecule has 12 unspecified atom stereocenters. The summed E-state index contributed by atoms with van der Waals surface area (Å²) in [4.78, 5) is 13.3. The van der Waals surface area contributed by atoms with Crippen LogP contribution in [0.3, 0.4) is 0 Å². The Hall–Kier alpha value is -2.31. The molecule has 14 nitrogen and oxygen atoms in total. The van der Waals surface area contributed by atoms with Crippen LogP contribution >= 0.6 is 0 Å². The largest absolute Gasteiger partial charge is 0.394 e. The summed E-state index contributed by atoms with van der Waals surface area (Å²) in [6.07, 6.45) is 49.3. The third-order valence-electron chi connectivity index (χ3n) is 15.7. The Kier molecular flexibility index (Phi) is 47.2. The molecule has 80 heavy (non-hydrogen) atoms. The van der Waals surface area contributed by atoms with Crippen LogP contribution in [0.15, 0.2) is 60.8 Å². The molecule has 0 bridgehead atoms. The van der Waals surface area contributed by atoms with Gasteiger partial charge in [0, 0.05) is 6.42 Å². The fourth-order valence-corrected chi connectivity index (χ4v) is 10.6. The third-order valence-corrected chi connectivity index (χ3v) is 15.7. The lowest BCUT2D eigenvalue weighted by Gasteiger charge is -2.46. The fraction of sp³-hybridized carbons (Fsp3) is 0.833. The Labute approximate surface area is 486 Å². The number of rotatable bonds is 52. The van der Waals surface area contributed by atoms with E-state index in [1.54, 1.807) is 0 Å². The quantitative estimate of drug-likeness (QED) is 0.0204. The molecule has 0 aromatic carbocycles. The number of aliphatic hydroxyl groups excluding tert-OH is 8. The van der Waals surface area contributed by atoms with Gasteiger partial charge in [-0.1, -0.05) is 254 Å². The van der Waals surface area contributed by atoms with Gasteiger partial charge in [0.1, 0.15) is 48.8 Å². The topological polar surface area (TPSA) is 228 Å². The molecule has 1 amide bonds. The lowest BCUT2D eigenvalue weighted by Crippen LogP contribution is -2.65. The highest BCUT2D eigenvalue weighted by atomic mass is 16.7. The molecule has 2 aliphatic rings. The zero-order valence-electron chi connectivity index (χ0n) is 50.3. The van der Waals surface area contributed by atoms with Crippen LogP contribution < -0.4 is 5.32 Å². The molecule has 2 fully saturated rings. The molecule has 2 saturated heterocycles. The maximum absolute atomic E-state index is 13.3. The summed E-state index contributed by atoms with van der Waals surface area (Å²) in [5.41, 5.74) is 0. The summed E-state index contributed by atoms with van der Waals surface area (Å²) in [6.45, 7) is 2.76. The summed E-state index contributed by atoms with van der Waals surface area (Å²) in [5, 5.41) is 87.5. The highest BCUT2D eigenvalue weighted by Gasteiger charge is 2.51. The van der Waals surface area contributed by atoms with Crippen molar-refractivity contribution >= 4 is 5.91 Å². The van der Waals surface area contributed by atoms with Crippen molar-refractivity contribution in [1.82, 2.24) is 5.32 Å². The van der Waals surface area contributed by atoms with Crippen LogP contribution in [0, 0.1) is 0 Å². The SMILES string of the molecule is CC/C=C\C/C=C\C/C=C\C/C=C\C/C=C\CCCCCCCC(=O)NC(COC1OC(CO)C(OC2OC(CO)C(O)C(O)C2O)C(O)C1O)C(O)CCCCCCCCCCCCCCCCCCCCCCCCCCC. The number of hydrogen-bond donors (Lipinski definition) is 9. The van der Waals surface area contributed by atoms with Crippen LogP contribution in [-0.2, 0) is 23.7 Å². The van der Waals surface area contributed by atoms with Crippen molar-refractivity contribution in [2.24, 2.45) is 0 Å². The van der Waals surface area contributed by atoms with Crippen LogP contribution in [-0.4, -0.2) is 140 Å². The number of carbonyl (C=O) groups excluding carboxylic acids is 1. The zero-order valence-corrected chi connectivity index (χ0v) is 50.3. The van der Waals surface area contributed by atoms with Crippen molar-refractivity contribution in [3.05, 3.63) is 60.8 Å². The second-order valence-corrected chi connectivity index (χ2v) is 22.9. The number of carbonyl (C=O) groups is 1. The number of nitrogens with one attached hydrogen (secondary N) is 1. The van der Waals surface area contributed by atoms with E-state index in [2.05, 4.69) is 79.9 Å². The minimum absolute atomic E-state index is 0.224. The van der Waals surface area contributed by atoms with Gasteiger partial charge in [0.25, 0.3) is 0 Å². The first-order chi connectivity index (χ1) is 39.1. The first kappa shape index (κ1) is 73.8. The van der Waals surface area contributed by atoms with E-state index >= 15 is 0 Å². The Morgan fingerprint density at radius 3 is 1.32 bits per heavy atom. The van der Waals surface area contributed by atoms with Crippen molar-refractivity contribution in [3.63, 3.8) is 0 Å². The summed E-state index contributed by atoms with van der Waals surface area (Å²) >= 11 is 0. The minimum atomic E-state index is -1.79. The zero-order chi connectivity index (χ0) is 58.1. The first-order valence-electron chi connectivity index (χ1n) is 32.5. The van der Waals surface area contributed by atoms with Crippen molar-refractivity contribution in [2.75, 3.05) is 19.8 Å². The second kappa shape index (κ2) is 51.1. The minimum Gasteiger partial charge on any atom is -0.394 e. The van der Waals surface area contributed by atoms with Gasteiger partial charge in [-0.05, 0) is 57.8 Å². The monoisotopic (exact) mass is 1130 g/mol. The van der Waals surface area contributed by atoms with E-state index in [0.29, 0.717) is 12.8 Å². The molecule has 2 heterocycles. The molecule has 0 spiro atoms. The Balaban J connectivity index is 1.72. The van der Waals surface area contributed by atoms with Gasteiger partial charge in [0.05, 0.1) is 32.0 Å². The number of unbranched alkanes of at least 4 members (excludes halogenated alkanes) is 29. The van der Waals surface area contributed by atoms with Gasteiger partial charge in [0.15, 0.2) is 12.6 Å². The van der Waals surface area contributed by atoms with Crippen LogP contribution in [0.5, 0.6) is 0 Å². The fourth-order valence-electron chi connectivity index (χ4n) is 10.6. The van der Waals surface area contributed by atoms with E-state index < -0.39 is 86.8 Å². The van der Waals surface area contributed by atoms with Crippen molar-refractivity contribution < 1.29 is 64.6 Å². The molecule has 0 saturated carbocycles. The predicted octanol–water partition coefficient (Wildman–Crippen LogP) is 12.1. The molecule has 2 aliphatic heterocycles. The van der Waals surface area contributed by atoms with Crippen LogP contribution in [0.4, 0.5) is 0 Å². The van der Waals surface area contributed by atoms with Crippen LogP contribution in [0.2, 0.25) is 0 Å². The third kappa shape index (κ3) is 35.7. The average molecular weight is 1130 g/mol. The Morgan fingerprint density at radius 1 is 0.463 bits per heavy atom. The molecule has 0 radical (unpaired) electrons. The molecule has 0 aromatic heterocycles. The van der Waals surface area contributed by atoms with Gasteiger partial charge < -0.3 is 65.1 Å². The lowest BCUT2D eigenvalue weighted by molar-refractivity contribution is -0.359. The van der Waals surface area contributed by atoms with E-state index in [-0.39, 0.29) is 18.9 Å².